The molecule has 0 aliphatic rings. The van der Waals surface area contributed by atoms with Crippen LogP contribution in [0.4, 0.5) is 5.69 Å². The van der Waals surface area contributed by atoms with Gasteiger partial charge in [0.1, 0.15) is 5.75 Å². The number of ether oxygens (including phenoxy) is 1. The van der Waals surface area contributed by atoms with Crippen molar-refractivity contribution in [1.29, 1.82) is 0 Å². The van der Waals surface area contributed by atoms with Gasteiger partial charge in [-0.2, -0.15) is 0 Å². The van der Waals surface area contributed by atoms with Crippen molar-refractivity contribution in [3.05, 3.63) is 23.2 Å². The highest BCUT2D eigenvalue weighted by Crippen LogP contribution is 2.26. The number of phenolic OH excluding ortho intramolecular Hbond substituents is 1. The first-order valence-electron chi connectivity index (χ1n) is 4.66. The molecule has 0 aliphatic heterocycles. The van der Waals surface area contributed by atoms with Gasteiger partial charge in [0, 0.05) is 18.7 Å². The Hall–Kier alpha value is -1.04. The van der Waals surface area contributed by atoms with E-state index >= 15 is 0 Å². The Kier molecular flexibility index (Phi) is 5.31. The van der Waals surface area contributed by atoms with Crippen molar-refractivity contribution in [3.8, 4) is 5.75 Å². The summed E-state index contributed by atoms with van der Waals surface area (Å²) in [7, 11) is 1.61. The number of halogens is 1. The molecule has 0 bridgehead atoms. The summed E-state index contributed by atoms with van der Waals surface area (Å²) in [5.74, 6) is 0.0975. The van der Waals surface area contributed by atoms with Gasteiger partial charge in [-0.05, 0) is 30.4 Å². The number of rotatable bonds is 4. The molecule has 0 atom stereocenters. The normalized spacial score (nSPS) is 9.88. The van der Waals surface area contributed by atoms with E-state index in [9.17, 15) is 5.11 Å². The lowest BCUT2D eigenvalue weighted by Crippen LogP contribution is -2.31. The monoisotopic (exact) mass is 260 g/mol. The van der Waals surface area contributed by atoms with Crippen molar-refractivity contribution in [2.24, 2.45) is 0 Å². The highest BCUT2D eigenvalue weighted by atomic mass is 35.5. The molecular formula is C10H13ClN2O2S. The van der Waals surface area contributed by atoms with Crippen molar-refractivity contribution in [1.82, 2.24) is 5.32 Å². The van der Waals surface area contributed by atoms with Crippen molar-refractivity contribution in [3.63, 3.8) is 0 Å². The number of methoxy groups -OCH3 is 1. The van der Waals surface area contributed by atoms with E-state index < -0.39 is 0 Å². The topological polar surface area (TPSA) is 53.5 Å². The summed E-state index contributed by atoms with van der Waals surface area (Å²) in [6.45, 7) is 1.16. The van der Waals surface area contributed by atoms with E-state index in [-0.39, 0.29) is 5.75 Å². The van der Waals surface area contributed by atoms with Crippen LogP contribution >= 0.6 is 23.8 Å². The molecule has 0 aliphatic carbocycles. The molecule has 6 heteroatoms. The van der Waals surface area contributed by atoms with Crippen LogP contribution in [0.1, 0.15) is 0 Å². The van der Waals surface area contributed by atoms with Crippen molar-refractivity contribution in [2.45, 2.75) is 0 Å². The number of phenols is 1. The Morgan fingerprint density at radius 3 is 3.00 bits per heavy atom. The number of hydrogen-bond donors (Lipinski definition) is 3. The van der Waals surface area contributed by atoms with Gasteiger partial charge >= 0.3 is 0 Å². The second kappa shape index (κ2) is 6.52. The number of benzene rings is 1. The molecule has 0 saturated carbocycles. The second-order valence-electron chi connectivity index (χ2n) is 3.04. The summed E-state index contributed by atoms with van der Waals surface area (Å²) >= 11 is 10.8. The molecule has 16 heavy (non-hydrogen) atoms. The third kappa shape index (κ3) is 4.22. The number of hydrogen-bond acceptors (Lipinski definition) is 3. The predicted octanol–water partition coefficient (Wildman–Crippen LogP) is 1.98. The molecule has 0 amide bonds. The van der Waals surface area contributed by atoms with Crippen LogP contribution in [0.25, 0.3) is 0 Å². The summed E-state index contributed by atoms with van der Waals surface area (Å²) in [5, 5.41) is 16.2. The largest absolute Gasteiger partial charge is 0.506 e. The lowest BCUT2D eigenvalue weighted by molar-refractivity contribution is 0.204. The summed E-state index contributed by atoms with van der Waals surface area (Å²) in [6, 6.07) is 4.70. The highest BCUT2D eigenvalue weighted by molar-refractivity contribution is 7.80. The maximum absolute atomic E-state index is 9.52. The minimum Gasteiger partial charge on any atom is -0.506 e. The molecule has 1 rings (SSSR count). The third-order valence-electron chi connectivity index (χ3n) is 1.80. The van der Waals surface area contributed by atoms with Gasteiger partial charge in [0.05, 0.1) is 12.3 Å². The van der Waals surface area contributed by atoms with Crippen LogP contribution in [0.3, 0.4) is 0 Å². The first kappa shape index (κ1) is 13.0. The molecule has 0 radical (unpaired) electrons. The van der Waals surface area contributed by atoms with E-state index in [0.717, 1.165) is 0 Å². The van der Waals surface area contributed by atoms with Crippen LogP contribution in [0.15, 0.2) is 18.2 Å². The molecule has 0 aromatic heterocycles. The smallest absolute Gasteiger partial charge is 0.170 e. The van der Waals surface area contributed by atoms with Crippen LogP contribution in [0.5, 0.6) is 5.75 Å². The van der Waals surface area contributed by atoms with Crippen LogP contribution in [0.2, 0.25) is 5.02 Å². The zero-order valence-corrected chi connectivity index (χ0v) is 10.4. The number of anilines is 1. The van der Waals surface area contributed by atoms with Crippen LogP contribution < -0.4 is 10.6 Å². The zero-order chi connectivity index (χ0) is 12.0. The highest BCUT2D eigenvalue weighted by Gasteiger charge is 2.03. The second-order valence-corrected chi connectivity index (χ2v) is 3.88. The van der Waals surface area contributed by atoms with Gasteiger partial charge in [-0.25, -0.2) is 0 Å². The lowest BCUT2D eigenvalue weighted by Gasteiger charge is -2.11. The van der Waals surface area contributed by atoms with E-state index in [0.29, 0.717) is 29.0 Å². The molecule has 0 fully saturated rings. The fourth-order valence-corrected chi connectivity index (χ4v) is 1.43. The first-order chi connectivity index (χ1) is 7.63. The van der Waals surface area contributed by atoms with E-state index in [2.05, 4.69) is 10.6 Å². The quantitative estimate of drug-likeness (QED) is 0.439. The van der Waals surface area contributed by atoms with Gasteiger partial charge in [-0.15, -0.1) is 0 Å². The third-order valence-corrected chi connectivity index (χ3v) is 2.28. The molecule has 88 valence electrons. The average Bonchev–Trinajstić information content (AvgIpc) is 2.24. The number of aromatic hydroxyl groups is 1. The van der Waals surface area contributed by atoms with E-state index in [1.54, 1.807) is 19.2 Å². The molecule has 0 heterocycles. The van der Waals surface area contributed by atoms with Gasteiger partial charge in [-0.3, -0.25) is 0 Å². The summed E-state index contributed by atoms with van der Waals surface area (Å²) in [6.07, 6.45) is 0. The Bertz CT molecular complexity index is 374. The molecule has 0 unspecified atom stereocenters. The molecular weight excluding hydrogens is 248 g/mol. The Morgan fingerprint density at radius 2 is 2.31 bits per heavy atom. The van der Waals surface area contributed by atoms with Crippen molar-refractivity contribution in [2.75, 3.05) is 25.6 Å². The fraction of sp³-hybridized carbons (Fsp3) is 0.300. The van der Waals surface area contributed by atoms with Gasteiger partial charge in [0.2, 0.25) is 0 Å². The van der Waals surface area contributed by atoms with Gasteiger partial charge in [0.25, 0.3) is 0 Å². The minimum absolute atomic E-state index is 0.0975. The van der Waals surface area contributed by atoms with E-state index in [4.69, 9.17) is 28.6 Å². The Morgan fingerprint density at radius 1 is 1.56 bits per heavy atom. The molecule has 0 spiro atoms. The summed E-state index contributed by atoms with van der Waals surface area (Å²) in [4.78, 5) is 0. The van der Waals surface area contributed by atoms with Gasteiger partial charge < -0.3 is 20.5 Å². The predicted molar refractivity (Wildman–Crippen MR) is 69.2 cm³/mol. The average molecular weight is 261 g/mol. The number of thiocarbonyl (C=S) groups is 1. The number of nitrogens with one attached hydrogen (secondary N) is 2. The van der Waals surface area contributed by atoms with Crippen LogP contribution in [0, 0.1) is 0 Å². The lowest BCUT2D eigenvalue weighted by atomic mass is 10.3. The molecule has 0 saturated heterocycles. The van der Waals surface area contributed by atoms with Gasteiger partial charge in [0.15, 0.2) is 5.11 Å². The standard InChI is InChI=1S/C10H13ClN2O2S/c1-15-5-4-12-10(16)13-8-6-7(11)2-3-9(8)14/h2-3,6,14H,4-5H2,1H3,(H2,12,13,16). The fourth-order valence-electron chi connectivity index (χ4n) is 1.04. The van der Waals surface area contributed by atoms with Crippen LogP contribution in [-0.2, 0) is 4.74 Å². The zero-order valence-electron chi connectivity index (χ0n) is 8.79. The van der Waals surface area contributed by atoms with Crippen LogP contribution in [-0.4, -0.2) is 30.5 Å². The Labute approximate surface area is 105 Å². The van der Waals surface area contributed by atoms with E-state index in [1.807, 2.05) is 0 Å². The molecule has 4 nitrogen and oxygen atoms in total. The first-order valence-corrected chi connectivity index (χ1v) is 5.44. The summed E-state index contributed by atoms with van der Waals surface area (Å²) in [5.41, 5.74) is 0.474. The van der Waals surface area contributed by atoms with E-state index in [1.165, 1.54) is 6.07 Å². The van der Waals surface area contributed by atoms with Crippen molar-refractivity contribution >= 4 is 34.6 Å². The Balaban J connectivity index is 2.52. The molecule has 3 N–H and O–H groups in total. The maximum atomic E-state index is 9.52. The van der Waals surface area contributed by atoms with Crippen molar-refractivity contribution < 1.29 is 9.84 Å². The maximum Gasteiger partial charge on any atom is 0.170 e. The van der Waals surface area contributed by atoms with Gasteiger partial charge in [-0.1, -0.05) is 11.6 Å². The minimum atomic E-state index is 0.0975. The SMILES string of the molecule is COCCNC(=S)Nc1cc(Cl)ccc1O. The molecule has 1 aromatic carbocycles. The summed E-state index contributed by atoms with van der Waals surface area (Å²) < 4.78 is 4.86. The molecule has 1 aromatic rings.